The Morgan fingerprint density at radius 2 is 2.12 bits per heavy atom. The summed E-state index contributed by atoms with van der Waals surface area (Å²) < 4.78 is 0. The Kier molecular flexibility index (Phi) is 3.15. The molecule has 1 saturated heterocycles. The number of amides is 1. The monoisotopic (exact) mass is 237 g/mol. The number of carbonyl (C=O) groups excluding carboxylic acids is 1. The SMILES string of the molecule is CCCN=C1NC(=O)C2(CCCC(C)(C)C2)N1. The second kappa shape index (κ2) is 4.31. The van der Waals surface area contributed by atoms with Crippen LogP contribution in [0.4, 0.5) is 0 Å². The number of nitrogens with one attached hydrogen (secondary N) is 2. The molecule has 1 atom stereocenters. The van der Waals surface area contributed by atoms with Crippen molar-refractivity contribution in [3.63, 3.8) is 0 Å². The Morgan fingerprint density at radius 1 is 1.35 bits per heavy atom. The summed E-state index contributed by atoms with van der Waals surface area (Å²) in [7, 11) is 0. The van der Waals surface area contributed by atoms with Crippen LogP contribution in [0, 0.1) is 5.41 Å². The fourth-order valence-electron chi connectivity index (χ4n) is 3.01. The van der Waals surface area contributed by atoms with E-state index in [-0.39, 0.29) is 11.3 Å². The molecule has 1 heterocycles. The maximum Gasteiger partial charge on any atom is 0.252 e. The first kappa shape index (κ1) is 12.4. The lowest BCUT2D eigenvalue weighted by molar-refractivity contribution is -0.126. The van der Waals surface area contributed by atoms with Crippen LogP contribution in [0.3, 0.4) is 0 Å². The van der Waals surface area contributed by atoms with Crippen molar-refractivity contribution >= 4 is 11.9 Å². The fraction of sp³-hybridized carbons (Fsp3) is 0.846. The maximum atomic E-state index is 12.2. The van der Waals surface area contributed by atoms with Gasteiger partial charge < -0.3 is 5.32 Å². The third-order valence-corrected chi connectivity index (χ3v) is 3.76. The lowest BCUT2D eigenvalue weighted by atomic mass is 9.68. The average Bonchev–Trinajstić information content (AvgIpc) is 2.51. The summed E-state index contributed by atoms with van der Waals surface area (Å²) in [6.45, 7) is 7.33. The number of rotatable bonds is 2. The van der Waals surface area contributed by atoms with E-state index in [1.54, 1.807) is 0 Å². The van der Waals surface area contributed by atoms with E-state index in [0.29, 0.717) is 5.96 Å². The molecule has 4 nitrogen and oxygen atoms in total. The molecule has 1 aliphatic carbocycles. The third-order valence-electron chi connectivity index (χ3n) is 3.76. The molecule has 17 heavy (non-hydrogen) atoms. The van der Waals surface area contributed by atoms with Gasteiger partial charge in [-0.1, -0.05) is 27.2 Å². The van der Waals surface area contributed by atoms with Crippen molar-refractivity contribution in [1.82, 2.24) is 10.6 Å². The lowest BCUT2D eigenvalue weighted by Crippen LogP contribution is -2.52. The van der Waals surface area contributed by atoms with E-state index in [1.165, 1.54) is 6.42 Å². The summed E-state index contributed by atoms with van der Waals surface area (Å²) in [6.07, 6.45) is 5.13. The summed E-state index contributed by atoms with van der Waals surface area (Å²) in [5.74, 6) is 0.787. The van der Waals surface area contributed by atoms with Gasteiger partial charge in [-0.25, -0.2) is 0 Å². The highest BCUT2D eigenvalue weighted by atomic mass is 16.2. The first-order chi connectivity index (χ1) is 7.97. The molecule has 1 aliphatic heterocycles. The average molecular weight is 237 g/mol. The van der Waals surface area contributed by atoms with Gasteiger partial charge in [0.15, 0.2) is 5.96 Å². The number of carbonyl (C=O) groups is 1. The van der Waals surface area contributed by atoms with Crippen molar-refractivity contribution in [2.75, 3.05) is 6.54 Å². The molecule has 1 unspecified atom stereocenters. The summed E-state index contributed by atoms with van der Waals surface area (Å²) in [4.78, 5) is 16.5. The van der Waals surface area contributed by atoms with Gasteiger partial charge in [0.1, 0.15) is 5.54 Å². The molecule has 0 radical (unpaired) electrons. The molecule has 2 fully saturated rings. The van der Waals surface area contributed by atoms with Gasteiger partial charge in [0, 0.05) is 6.54 Å². The van der Waals surface area contributed by atoms with Crippen molar-refractivity contribution in [1.29, 1.82) is 0 Å². The van der Waals surface area contributed by atoms with Gasteiger partial charge in [0.25, 0.3) is 5.91 Å². The highest BCUT2D eigenvalue weighted by molar-refractivity contribution is 6.09. The molecule has 2 rings (SSSR count). The molecule has 2 N–H and O–H groups in total. The standard InChI is InChI=1S/C13H23N3O/c1-4-8-14-11-15-10(17)13(16-11)7-5-6-12(2,3)9-13/h4-9H2,1-3H3,(H2,14,15,16,17). The van der Waals surface area contributed by atoms with Gasteiger partial charge in [-0.05, 0) is 31.1 Å². The van der Waals surface area contributed by atoms with E-state index < -0.39 is 5.54 Å². The molecule has 1 amide bonds. The Bertz CT molecular complexity index is 349. The largest absolute Gasteiger partial charge is 0.342 e. The van der Waals surface area contributed by atoms with Gasteiger partial charge in [0.2, 0.25) is 0 Å². The minimum atomic E-state index is -0.395. The van der Waals surface area contributed by atoms with Crippen molar-refractivity contribution in [2.24, 2.45) is 10.4 Å². The molecular formula is C13H23N3O. The first-order valence-electron chi connectivity index (χ1n) is 6.62. The summed E-state index contributed by atoms with van der Waals surface area (Å²) in [5.41, 5.74) is -0.156. The summed E-state index contributed by atoms with van der Waals surface area (Å²) in [5, 5.41) is 6.22. The number of guanidine groups is 1. The predicted molar refractivity (Wildman–Crippen MR) is 68.9 cm³/mol. The normalized spacial score (nSPS) is 33.8. The molecule has 4 heteroatoms. The predicted octanol–water partition coefficient (Wildman–Crippen LogP) is 1.81. The number of hydrogen-bond acceptors (Lipinski definition) is 2. The maximum absolute atomic E-state index is 12.2. The Hall–Kier alpha value is -1.06. The van der Waals surface area contributed by atoms with E-state index in [1.807, 2.05) is 0 Å². The van der Waals surface area contributed by atoms with E-state index in [4.69, 9.17) is 0 Å². The van der Waals surface area contributed by atoms with Crippen molar-refractivity contribution in [2.45, 2.75) is 58.4 Å². The van der Waals surface area contributed by atoms with Crippen LogP contribution in [-0.2, 0) is 4.79 Å². The number of hydrogen-bond donors (Lipinski definition) is 2. The van der Waals surface area contributed by atoms with E-state index in [2.05, 4.69) is 36.4 Å². The van der Waals surface area contributed by atoms with Gasteiger partial charge in [0.05, 0.1) is 0 Å². The van der Waals surface area contributed by atoms with Crippen molar-refractivity contribution in [3.8, 4) is 0 Å². The van der Waals surface area contributed by atoms with Gasteiger partial charge in [-0.15, -0.1) is 0 Å². The second-order valence-corrected chi connectivity index (χ2v) is 6.09. The Labute approximate surface area is 103 Å². The Morgan fingerprint density at radius 3 is 2.76 bits per heavy atom. The smallest absolute Gasteiger partial charge is 0.252 e. The first-order valence-corrected chi connectivity index (χ1v) is 6.62. The zero-order valence-corrected chi connectivity index (χ0v) is 11.1. The molecular weight excluding hydrogens is 214 g/mol. The van der Waals surface area contributed by atoms with Crippen LogP contribution >= 0.6 is 0 Å². The van der Waals surface area contributed by atoms with Crippen LogP contribution in [0.1, 0.15) is 52.9 Å². The van der Waals surface area contributed by atoms with Crippen LogP contribution in [0.15, 0.2) is 4.99 Å². The molecule has 0 aromatic heterocycles. The molecule has 96 valence electrons. The zero-order valence-electron chi connectivity index (χ0n) is 11.1. The second-order valence-electron chi connectivity index (χ2n) is 6.09. The minimum Gasteiger partial charge on any atom is -0.342 e. The van der Waals surface area contributed by atoms with E-state index >= 15 is 0 Å². The highest BCUT2D eigenvalue weighted by Gasteiger charge is 2.49. The molecule has 0 aromatic carbocycles. The Balaban J connectivity index is 2.13. The lowest BCUT2D eigenvalue weighted by Gasteiger charge is -2.40. The van der Waals surface area contributed by atoms with Crippen molar-refractivity contribution in [3.05, 3.63) is 0 Å². The van der Waals surface area contributed by atoms with Crippen LogP contribution in [0.25, 0.3) is 0 Å². The van der Waals surface area contributed by atoms with Crippen LogP contribution in [0.2, 0.25) is 0 Å². The molecule has 0 bridgehead atoms. The minimum absolute atomic E-state index is 0.111. The number of aliphatic imine (C=N–C) groups is 1. The van der Waals surface area contributed by atoms with Gasteiger partial charge in [-0.3, -0.25) is 15.1 Å². The topological polar surface area (TPSA) is 53.5 Å². The molecule has 2 aliphatic rings. The van der Waals surface area contributed by atoms with E-state index in [9.17, 15) is 4.79 Å². The highest BCUT2D eigenvalue weighted by Crippen LogP contribution is 2.42. The zero-order chi connectivity index (χ0) is 12.5. The fourth-order valence-corrected chi connectivity index (χ4v) is 3.01. The summed E-state index contributed by atoms with van der Waals surface area (Å²) in [6, 6.07) is 0. The quantitative estimate of drug-likeness (QED) is 0.769. The van der Waals surface area contributed by atoms with Gasteiger partial charge in [-0.2, -0.15) is 0 Å². The van der Waals surface area contributed by atoms with Gasteiger partial charge >= 0.3 is 0 Å². The van der Waals surface area contributed by atoms with E-state index in [0.717, 1.165) is 32.2 Å². The third kappa shape index (κ3) is 2.45. The van der Waals surface area contributed by atoms with Crippen LogP contribution in [-0.4, -0.2) is 24.0 Å². The van der Waals surface area contributed by atoms with Crippen molar-refractivity contribution < 1.29 is 4.79 Å². The molecule has 1 saturated carbocycles. The summed E-state index contributed by atoms with van der Waals surface area (Å²) >= 11 is 0. The van der Waals surface area contributed by atoms with Crippen LogP contribution < -0.4 is 10.6 Å². The van der Waals surface area contributed by atoms with Crippen LogP contribution in [0.5, 0.6) is 0 Å². The molecule has 0 aromatic rings. The molecule has 1 spiro atoms. The number of nitrogens with zero attached hydrogens (tertiary/aromatic N) is 1.